The van der Waals surface area contributed by atoms with Crippen LogP contribution in [0, 0.1) is 5.41 Å². The Hall–Kier alpha value is -0.520. The number of unbranched alkanes of at least 4 members (excludes halogenated alkanes) is 1. The second-order valence-corrected chi connectivity index (χ2v) is 6.09. The molecule has 0 N–H and O–H groups in total. The van der Waals surface area contributed by atoms with E-state index in [-0.39, 0.29) is 0 Å². The van der Waals surface area contributed by atoms with Gasteiger partial charge in [-0.15, -0.1) is 0 Å². The van der Waals surface area contributed by atoms with Crippen LogP contribution in [-0.2, 0) is 0 Å². The van der Waals surface area contributed by atoms with Gasteiger partial charge in [0.25, 0.3) is 0 Å². The van der Waals surface area contributed by atoms with Gasteiger partial charge in [-0.3, -0.25) is 0 Å². The maximum Gasteiger partial charge on any atom is -0.0223 e. The second-order valence-electron chi connectivity index (χ2n) is 6.09. The SMILES string of the molecule is C=C(C)C(CC(C)(CC)CC)=C(C)CC.CCCC. The van der Waals surface area contributed by atoms with Crippen molar-refractivity contribution in [3.8, 4) is 0 Å². The Morgan fingerprint density at radius 2 is 1.32 bits per heavy atom. The molecule has 0 aliphatic heterocycles. The van der Waals surface area contributed by atoms with Gasteiger partial charge < -0.3 is 0 Å². The lowest BCUT2D eigenvalue weighted by atomic mass is 9.76. The van der Waals surface area contributed by atoms with Crippen LogP contribution in [-0.4, -0.2) is 0 Å². The van der Waals surface area contributed by atoms with E-state index >= 15 is 0 Å². The van der Waals surface area contributed by atoms with Crippen LogP contribution in [0.25, 0.3) is 0 Å². The molecule has 0 heterocycles. The Morgan fingerprint density at radius 1 is 0.895 bits per heavy atom. The first-order valence-electron chi connectivity index (χ1n) is 8.16. The average Bonchev–Trinajstić information content (AvgIpc) is 2.43. The molecule has 0 fully saturated rings. The summed E-state index contributed by atoms with van der Waals surface area (Å²) in [6.45, 7) is 22.1. The van der Waals surface area contributed by atoms with Gasteiger partial charge in [0.1, 0.15) is 0 Å². The molecule has 114 valence electrons. The summed E-state index contributed by atoms with van der Waals surface area (Å²) in [5.74, 6) is 0. The van der Waals surface area contributed by atoms with E-state index in [1.165, 1.54) is 48.8 Å². The molecule has 0 aromatic heterocycles. The summed E-state index contributed by atoms with van der Waals surface area (Å²) in [5, 5.41) is 0. The summed E-state index contributed by atoms with van der Waals surface area (Å²) in [6, 6.07) is 0. The summed E-state index contributed by atoms with van der Waals surface area (Å²) < 4.78 is 0. The lowest BCUT2D eigenvalue weighted by Gasteiger charge is -2.29. The highest BCUT2D eigenvalue weighted by molar-refractivity contribution is 5.31. The summed E-state index contributed by atoms with van der Waals surface area (Å²) in [4.78, 5) is 0. The zero-order chi connectivity index (χ0) is 15.5. The first-order valence-corrected chi connectivity index (χ1v) is 8.16. The normalized spacial score (nSPS) is 12.4. The van der Waals surface area contributed by atoms with Gasteiger partial charge >= 0.3 is 0 Å². The number of allylic oxidation sites excluding steroid dienone is 3. The molecule has 0 saturated carbocycles. The van der Waals surface area contributed by atoms with Gasteiger partial charge in [0, 0.05) is 0 Å². The Labute approximate surface area is 123 Å². The molecule has 0 saturated heterocycles. The van der Waals surface area contributed by atoms with Crippen LogP contribution >= 0.6 is 0 Å². The number of hydrogen-bond acceptors (Lipinski definition) is 0. The molecule has 0 radical (unpaired) electrons. The van der Waals surface area contributed by atoms with Gasteiger partial charge in [0.2, 0.25) is 0 Å². The van der Waals surface area contributed by atoms with Crippen LogP contribution in [0.15, 0.2) is 23.3 Å². The lowest BCUT2D eigenvalue weighted by molar-refractivity contribution is 0.295. The third-order valence-corrected chi connectivity index (χ3v) is 4.37. The topological polar surface area (TPSA) is 0 Å². The molecule has 0 nitrogen and oxygen atoms in total. The number of rotatable bonds is 7. The van der Waals surface area contributed by atoms with E-state index in [0.717, 1.165) is 6.42 Å². The summed E-state index contributed by atoms with van der Waals surface area (Å²) in [5.41, 5.74) is 4.71. The first kappa shape index (κ1) is 20.8. The standard InChI is InChI=1S/C15H28.C4H10/c1-8-13(6)14(12(4)5)11-15(7,9-2)10-3;1-3-4-2/h4,8-11H2,1-3,5-7H3;3-4H2,1-2H3. The molecule has 0 aromatic carbocycles. The molecule has 0 amide bonds. The van der Waals surface area contributed by atoms with Crippen LogP contribution in [0.4, 0.5) is 0 Å². The van der Waals surface area contributed by atoms with Gasteiger partial charge in [-0.2, -0.15) is 0 Å². The maximum absolute atomic E-state index is 4.12. The van der Waals surface area contributed by atoms with E-state index in [1.807, 2.05) is 0 Å². The van der Waals surface area contributed by atoms with E-state index in [4.69, 9.17) is 0 Å². The van der Waals surface area contributed by atoms with Crippen LogP contribution < -0.4 is 0 Å². The van der Waals surface area contributed by atoms with Crippen LogP contribution in [0.5, 0.6) is 0 Å². The zero-order valence-electron chi connectivity index (χ0n) is 14.9. The molecular formula is C19H38. The molecule has 0 bridgehead atoms. The Kier molecular flexibility index (Phi) is 12.4. The van der Waals surface area contributed by atoms with Crippen LogP contribution in [0.2, 0.25) is 0 Å². The minimum Gasteiger partial charge on any atom is -0.0958 e. The average molecular weight is 267 g/mol. The fourth-order valence-electron chi connectivity index (χ4n) is 1.81. The highest BCUT2D eigenvalue weighted by Gasteiger charge is 2.22. The van der Waals surface area contributed by atoms with Crippen molar-refractivity contribution in [2.75, 3.05) is 0 Å². The van der Waals surface area contributed by atoms with Gasteiger partial charge in [-0.25, -0.2) is 0 Å². The minimum absolute atomic E-state index is 0.449. The van der Waals surface area contributed by atoms with Crippen molar-refractivity contribution >= 4 is 0 Å². The maximum atomic E-state index is 4.12. The molecule has 0 aliphatic rings. The van der Waals surface area contributed by atoms with Crippen molar-refractivity contribution in [1.29, 1.82) is 0 Å². The summed E-state index contributed by atoms with van der Waals surface area (Å²) >= 11 is 0. The molecule has 0 rings (SSSR count). The quantitative estimate of drug-likeness (QED) is 0.424. The highest BCUT2D eigenvalue weighted by atomic mass is 14.3. The van der Waals surface area contributed by atoms with E-state index in [2.05, 4.69) is 62.0 Å². The Morgan fingerprint density at radius 3 is 1.53 bits per heavy atom. The first-order chi connectivity index (χ1) is 8.81. The summed E-state index contributed by atoms with van der Waals surface area (Å²) in [6.07, 6.45) is 7.47. The molecule has 0 aliphatic carbocycles. The van der Waals surface area contributed by atoms with E-state index in [0.29, 0.717) is 5.41 Å². The zero-order valence-corrected chi connectivity index (χ0v) is 14.9. The van der Waals surface area contributed by atoms with E-state index < -0.39 is 0 Å². The lowest BCUT2D eigenvalue weighted by Crippen LogP contribution is -2.15. The molecule has 0 spiro atoms. The Balaban J connectivity index is 0. The van der Waals surface area contributed by atoms with Crippen molar-refractivity contribution in [1.82, 2.24) is 0 Å². The second kappa shape index (κ2) is 11.3. The van der Waals surface area contributed by atoms with Crippen molar-refractivity contribution in [2.45, 2.75) is 93.9 Å². The predicted octanol–water partition coefficient (Wildman–Crippen LogP) is 7.31. The largest absolute Gasteiger partial charge is 0.0958 e. The fraction of sp³-hybridized carbons (Fsp3) is 0.789. The van der Waals surface area contributed by atoms with Crippen LogP contribution in [0.1, 0.15) is 93.9 Å². The van der Waals surface area contributed by atoms with Crippen molar-refractivity contribution in [2.24, 2.45) is 5.41 Å². The molecule has 0 aromatic rings. The highest BCUT2D eigenvalue weighted by Crippen LogP contribution is 2.36. The number of hydrogen-bond donors (Lipinski definition) is 0. The Bertz CT molecular complexity index is 262. The van der Waals surface area contributed by atoms with E-state index in [1.54, 1.807) is 0 Å². The van der Waals surface area contributed by atoms with E-state index in [9.17, 15) is 0 Å². The van der Waals surface area contributed by atoms with Gasteiger partial charge in [0.15, 0.2) is 0 Å². The third-order valence-electron chi connectivity index (χ3n) is 4.37. The van der Waals surface area contributed by atoms with Gasteiger partial charge in [-0.05, 0) is 37.7 Å². The molecule has 0 atom stereocenters. The molecule has 0 unspecified atom stereocenters. The smallest absolute Gasteiger partial charge is 0.0223 e. The molecule has 19 heavy (non-hydrogen) atoms. The fourth-order valence-corrected chi connectivity index (χ4v) is 1.81. The molecule has 0 heteroatoms. The predicted molar refractivity (Wildman–Crippen MR) is 91.7 cm³/mol. The van der Waals surface area contributed by atoms with Crippen molar-refractivity contribution in [3.05, 3.63) is 23.3 Å². The summed E-state index contributed by atoms with van der Waals surface area (Å²) in [7, 11) is 0. The minimum atomic E-state index is 0.449. The third kappa shape index (κ3) is 9.08. The van der Waals surface area contributed by atoms with Crippen LogP contribution in [0.3, 0.4) is 0 Å². The monoisotopic (exact) mass is 266 g/mol. The molecular weight excluding hydrogens is 228 g/mol. The van der Waals surface area contributed by atoms with Gasteiger partial charge in [-0.1, -0.05) is 85.0 Å². The van der Waals surface area contributed by atoms with Crippen molar-refractivity contribution < 1.29 is 0 Å². The van der Waals surface area contributed by atoms with Gasteiger partial charge in [0.05, 0.1) is 0 Å². The van der Waals surface area contributed by atoms with Crippen molar-refractivity contribution in [3.63, 3.8) is 0 Å².